The van der Waals surface area contributed by atoms with Crippen molar-refractivity contribution < 1.29 is 18.9 Å². The zero-order valence-electron chi connectivity index (χ0n) is 33.5. The molecule has 0 aromatic rings. The summed E-state index contributed by atoms with van der Waals surface area (Å²) in [5.74, 6) is 7.24. The molecule has 0 radical (unpaired) electrons. The van der Waals surface area contributed by atoms with Gasteiger partial charge in [0.1, 0.15) is 0 Å². The molecule has 4 heteroatoms. The van der Waals surface area contributed by atoms with Crippen LogP contribution in [0.3, 0.4) is 0 Å². The summed E-state index contributed by atoms with van der Waals surface area (Å²) in [5.41, 5.74) is -0.336. The molecule has 0 bridgehead atoms. The minimum Gasteiger partial charge on any atom is -0.380 e. The number of rotatable bonds is 28. The maximum atomic E-state index is 6.69. The van der Waals surface area contributed by atoms with Crippen LogP contribution < -0.4 is 0 Å². The molecule has 0 heterocycles. The van der Waals surface area contributed by atoms with E-state index in [0.717, 1.165) is 26.4 Å². The lowest BCUT2D eigenvalue weighted by molar-refractivity contribution is -0.124. The zero-order valence-corrected chi connectivity index (χ0v) is 33.5. The van der Waals surface area contributed by atoms with Gasteiger partial charge in [0.2, 0.25) is 0 Å². The predicted molar refractivity (Wildman–Crippen MR) is 197 cm³/mol. The van der Waals surface area contributed by atoms with Crippen LogP contribution >= 0.6 is 0 Å². The minimum atomic E-state index is -0.336. The molecule has 4 atom stereocenters. The standard InChI is InChI=1S/C41H84O4/c1-29(2)17-37(33(9)10)21-42-25-41(26-43-22-38(34(11)12)18-30(3)4,27-44-23-39(35(13)14)19-31(5)6)28-45-24-40(36(15)16)20-32(7)8/h29-40H,17-28H2,1-16H3. The highest BCUT2D eigenvalue weighted by Gasteiger charge is 2.35. The van der Waals surface area contributed by atoms with Gasteiger partial charge in [-0.2, -0.15) is 0 Å². The summed E-state index contributed by atoms with van der Waals surface area (Å²) in [5, 5.41) is 0. The van der Waals surface area contributed by atoms with Gasteiger partial charge in [-0.1, -0.05) is 111 Å². The lowest BCUT2D eigenvalue weighted by atomic mass is 9.87. The second-order valence-corrected chi connectivity index (χ2v) is 18.1. The Hall–Kier alpha value is -0.160. The molecule has 272 valence electrons. The largest absolute Gasteiger partial charge is 0.380 e. The fourth-order valence-electron chi connectivity index (χ4n) is 6.51. The van der Waals surface area contributed by atoms with E-state index < -0.39 is 0 Å². The number of hydrogen-bond acceptors (Lipinski definition) is 4. The third-order valence-electron chi connectivity index (χ3n) is 9.83. The molecule has 0 aliphatic rings. The molecular formula is C41H84O4. The molecule has 0 aliphatic heterocycles. The first-order valence-electron chi connectivity index (χ1n) is 19.2. The minimum absolute atomic E-state index is 0.336. The van der Waals surface area contributed by atoms with Crippen molar-refractivity contribution in [1.82, 2.24) is 0 Å². The Bertz CT molecular complexity index is 563. The fraction of sp³-hybridized carbons (Fsp3) is 1.00. The maximum absolute atomic E-state index is 6.69. The Morgan fingerprint density at radius 2 is 0.489 bits per heavy atom. The maximum Gasteiger partial charge on any atom is 0.0637 e. The van der Waals surface area contributed by atoms with Crippen molar-refractivity contribution in [2.75, 3.05) is 52.9 Å². The lowest BCUT2D eigenvalue weighted by Gasteiger charge is -2.36. The van der Waals surface area contributed by atoms with E-state index in [1.807, 2.05) is 0 Å². The third-order valence-corrected chi connectivity index (χ3v) is 9.83. The van der Waals surface area contributed by atoms with Crippen molar-refractivity contribution in [3.8, 4) is 0 Å². The molecule has 0 spiro atoms. The second-order valence-electron chi connectivity index (χ2n) is 18.1. The van der Waals surface area contributed by atoms with E-state index >= 15 is 0 Å². The molecule has 0 aromatic carbocycles. The molecule has 0 amide bonds. The van der Waals surface area contributed by atoms with E-state index in [-0.39, 0.29) is 5.41 Å². The van der Waals surface area contributed by atoms with Gasteiger partial charge >= 0.3 is 0 Å². The Balaban J connectivity index is 6.12. The SMILES string of the molecule is CC(C)CC(COCC(COCC(CC(C)C)C(C)C)(COCC(CC(C)C)C(C)C)COCC(CC(C)C)C(C)C)C(C)C. The van der Waals surface area contributed by atoms with Gasteiger partial charge in [0, 0.05) is 26.4 Å². The normalized spacial score (nSPS) is 17.1. The van der Waals surface area contributed by atoms with Gasteiger partial charge in [0.15, 0.2) is 0 Å². The average Bonchev–Trinajstić information content (AvgIpc) is 2.89. The summed E-state index contributed by atoms with van der Waals surface area (Å²) in [7, 11) is 0. The van der Waals surface area contributed by atoms with Gasteiger partial charge in [0.25, 0.3) is 0 Å². The Morgan fingerprint density at radius 1 is 0.311 bits per heavy atom. The molecule has 45 heavy (non-hydrogen) atoms. The van der Waals surface area contributed by atoms with Crippen LogP contribution in [0.4, 0.5) is 0 Å². The van der Waals surface area contributed by atoms with Crippen LogP contribution in [-0.2, 0) is 18.9 Å². The van der Waals surface area contributed by atoms with Crippen LogP contribution in [0.15, 0.2) is 0 Å². The van der Waals surface area contributed by atoms with Crippen molar-refractivity contribution in [3.05, 3.63) is 0 Å². The summed E-state index contributed by atoms with van der Waals surface area (Å²) in [6.07, 6.45) is 4.76. The molecular weight excluding hydrogens is 556 g/mol. The quantitative estimate of drug-likeness (QED) is 0.0852. The Labute approximate surface area is 284 Å². The summed E-state index contributed by atoms with van der Waals surface area (Å²) in [6, 6.07) is 0. The first-order valence-corrected chi connectivity index (χ1v) is 19.2. The lowest BCUT2D eigenvalue weighted by Crippen LogP contribution is -2.43. The summed E-state index contributed by atoms with van der Waals surface area (Å²) in [4.78, 5) is 0. The molecule has 4 unspecified atom stereocenters. The number of ether oxygens (including phenoxy) is 4. The monoisotopic (exact) mass is 641 g/mol. The number of hydrogen-bond donors (Lipinski definition) is 0. The van der Waals surface area contributed by atoms with Crippen molar-refractivity contribution in [2.45, 2.75) is 136 Å². The zero-order chi connectivity index (χ0) is 34.7. The average molecular weight is 641 g/mol. The van der Waals surface area contributed by atoms with E-state index in [0.29, 0.717) is 97.4 Å². The van der Waals surface area contributed by atoms with Gasteiger partial charge in [0.05, 0.1) is 31.8 Å². The van der Waals surface area contributed by atoms with Crippen molar-refractivity contribution in [2.24, 2.45) is 76.4 Å². The van der Waals surface area contributed by atoms with Crippen molar-refractivity contribution in [3.63, 3.8) is 0 Å². The third kappa shape index (κ3) is 21.4. The summed E-state index contributed by atoms with van der Waals surface area (Å²) in [6.45, 7) is 42.8. The van der Waals surface area contributed by atoms with Gasteiger partial charge in [-0.05, 0) is 96.7 Å². The first kappa shape index (κ1) is 44.8. The van der Waals surface area contributed by atoms with Gasteiger partial charge in [-0.25, -0.2) is 0 Å². The molecule has 0 aromatic heterocycles. The smallest absolute Gasteiger partial charge is 0.0637 e. The van der Waals surface area contributed by atoms with E-state index in [1.54, 1.807) is 0 Å². The highest BCUT2D eigenvalue weighted by Crippen LogP contribution is 2.29. The van der Waals surface area contributed by atoms with Crippen LogP contribution in [0, 0.1) is 76.4 Å². The summed E-state index contributed by atoms with van der Waals surface area (Å²) >= 11 is 0. The van der Waals surface area contributed by atoms with Crippen LogP contribution in [0.2, 0.25) is 0 Å². The highest BCUT2D eigenvalue weighted by molar-refractivity contribution is 4.82. The van der Waals surface area contributed by atoms with Crippen LogP contribution in [0.1, 0.15) is 136 Å². The van der Waals surface area contributed by atoms with Gasteiger partial charge in [-0.3, -0.25) is 0 Å². The van der Waals surface area contributed by atoms with Crippen molar-refractivity contribution in [1.29, 1.82) is 0 Å². The fourth-order valence-corrected chi connectivity index (χ4v) is 6.51. The van der Waals surface area contributed by atoms with Crippen LogP contribution in [-0.4, -0.2) is 52.9 Å². The molecule has 4 nitrogen and oxygen atoms in total. The molecule has 0 fully saturated rings. The molecule has 0 saturated heterocycles. The van der Waals surface area contributed by atoms with E-state index in [4.69, 9.17) is 18.9 Å². The van der Waals surface area contributed by atoms with E-state index in [9.17, 15) is 0 Å². The van der Waals surface area contributed by atoms with E-state index in [1.165, 1.54) is 25.7 Å². The summed E-state index contributed by atoms with van der Waals surface area (Å²) < 4.78 is 26.8. The molecule has 0 rings (SSSR count). The molecule has 0 N–H and O–H groups in total. The van der Waals surface area contributed by atoms with Crippen LogP contribution in [0.5, 0.6) is 0 Å². The van der Waals surface area contributed by atoms with Crippen molar-refractivity contribution >= 4 is 0 Å². The van der Waals surface area contributed by atoms with Gasteiger partial charge in [-0.15, -0.1) is 0 Å². The van der Waals surface area contributed by atoms with Crippen LogP contribution in [0.25, 0.3) is 0 Å². The Morgan fingerprint density at radius 3 is 0.622 bits per heavy atom. The Kier molecular flexibility index (Phi) is 24.0. The highest BCUT2D eigenvalue weighted by atomic mass is 16.5. The van der Waals surface area contributed by atoms with E-state index in [2.05, 4.69) is 111 Å². The molecule has 0 saturated carbocycles. The first-order chi connectivity index (χ1) is 20.9. The van der Waals surface area contributed by atoms with Gasteiger partial charge < -0.3 is 18.9 Å². The molecule has 0 aliphatic carbocycles. The second kappa shape index (κ2) is 24.0. The topological polar surface area (TPSA) is 36.9 Å². The predicted octanol–water partition coefficient (Wildman–Crippen LogP) is 11.3.